The van der Waals surface area contributed by atoms with Gasteiger partial charge in [0.15, 0.2) is 0 Å². The van der Waals surface area contributed by atoms with E-state index in [1.165, 1.54) is 5.57 Å². The molecule has 0 aliphatic heterocycles. The maximum absolute atomic E-state index is 8.65. The van der Waals surface area contributed by atoms with Crippen molar-refractivity contribution in [2.45, 2.75) is 26.7 Å². The minimum Gasteiger partial charge on any atom is -0.193 e. The first kappa shape index (κ1) is 8.07. The second kappa shape index (κ2) is 3.39. The van der Waals surface area contributed by atoms with Gasteiger partial charge < -0.3 is 0 Å². The minimum absolute atomic E-state index is 0.554. The molecule has 0 atom stereocenters. The first-order chi connectivity index (χ1) is 5.24. The van der Waals surface area contributed by atoms with Gasteiger partial charge in [0.25, 0.3) is 0 Å². The van der Waals surface area contributed by atoms with Crippen LogP contribution in [-0.2, 0) is 0 Å². The predicted molar refractivity (Wildman–Crippen MR) is 45.9 cm³/mol. The highest BCUT2D eigenvalue weighted by atomic mass is 14.3. The molecule has 1 heteroatoms. The van der Waals surface area contributed by atoms with Crippen LogP contribution in [0.3, 0.4) is 0 Å². The summed E-state index contributed by atoms with van der Waals surface area (Å²) in [6, 6.07) is 2.21. The fourth-order valence-electron chi connectivity index (χ4n) is 1.22. The zero-order valence-corrected chi connectivity index (χ0v) is 7.09. The van der Waals surface area contributed by atoms with Gasteiger partial charge in [-0.3, -0.25) is 0 Å². The lowest BCUT2D eigenvalue weighted by atomic mass is 9.93. The van der Waals surface area contributed by atoms with Crippen molar-refractivity contribution in [2.24, 2.45) is 5.92 Å². The van der Waals surface area contributed by atoms with Gasteiger partial charge in [0, 0.05) is 5.57 Å². The molecule has 11 heavy (non-hydrogen) atoms. The van der Waals surface area contributed by atoms with Crippen LogP contribution in [0, 0.1) is 17.2 Å². The van der Waals surface area contributed by atoms with Gasteiger partial charge in [-0.25, -0.2) is 0 Å². The Kier molecular flexibility index (Phi) is 2.48. The highest BCUT2D eigenvalue weighted by molar-refractivity contribution is 5.35. The smallest absolute Gasteiger partial charge is 0.0947 e. The number of allylic oxidation sites excluding steroid dienone is 4. The zero-order valence-electron chi connectivity index (χ0n) is 7.09. The monoisotopic (exact) mass is 147 g/mol. The average molecular weight is 147 g/mol. The summed E-state index contributed by atoms with van der Waals surface area (Å²) >= 11 is 0. The van der Waals surface area contributed by atoms with Crippen molar-refractivity contribution < 1.29 is 0 Å². The lowest BCUT2D eigenvalue weighted by Gasteiger charge is -2.11. The summed E-state index contributed by atoms with van der Waals surface area (Å²) < 4.78 is 0. The van der Waals surface area contributed by atoms with Gasteiger partial charge in [-0.15, -0.1) is 0 Å². The van der Waals surface area contributed by atoms with Crippen LogP contribution in [0.2, 0.25) is 0 Å². The summed E-state index contributed by atoms with van der Waals surface area (Å²) in [6.45, 7) is 4.31. The molecular formula is C10H13N. The summed E-state index contributed by atoms with van der Waals surface area (Å²) in [7, 11) is 0. The van der Waals surface area contributed by atoms with Gasteiger partial charge in [0.2, 0.25) is 0 Å². The molecule has 1 rings (SSSR count). The summed E-state index contributed by atoms with van der Waals surface area (Å²) in [5, 5.41) is 8.65. The molecule has 0 aromatic heterocycles. The molecule has 0 unspecified atom stereocenters. The molecule has 0 fully saturated rings. The van der Waals surface area contributed by atoms with Crippen molar-refractivity contribution >= 4 is 0 Å². The number of hydrogen-bond acceptors (Lipinski definition) is 1. The molecule has 0 amide bonds. The van der Waals surface area contributed by atoms with E-state index >= 15 is 0 Å². The van der Waals surface area contributed by atoms with Gasteiger partial charge in [0.1, 0.15) is 0 Å². The lowest BCUT2D eigenvalue weighted by Crippen LogP contribution is -1.96. The van der Waals surface area contributed by atoms with Crippen LogP contribution < -0.4 is 0 Å². The molecule has 0 heterocycles. The quantitative estimate of drug-likeness (QED) is 0.559. The SMILES string of the molecule is CC(C)C1=CCCC(C#N)=C1. The van der Waals surface area contributed by atoms with E-state index in [1.54, 1.807) is 0 Å². The molecule has 0 aromatic carbocycles. The van der Waals surface area contributed by atoms with Gasteiger partial charge in [-0.05, 0) is 30.4 Å². The second-order valence-corrected chi connectivity index (χ2v) is 3.18. The van der Waals surface area contributed by atoms with Crippen LogP contribution in [0.15, 0.2) is 23.3 Å². The Morgan fingerprint density at radius 1 is 1.55 bits per heavy atom. The van der Waals surface area contributed by atoms with Gasteiger partial charge in [-0.1, -0.05) is 19.9 Å². The first-order valence-corrected chi connectivity index (χ1v) is 4.04. The Morgan fingerprint density at radius 3 is 2.82 bits per heavy atom. The molecule has 0 saturated carbocycles. The molecule has 0 bridgehead atoms. The van der Waals surface area contributed by atoms with E-state index in [0.717, 1.165) is 18.4 Å². The average Bonchev–Trinajstić information content (AvgIpc) is 2.05. The maximum atomic E-state index is 8.65. The van der Waals surface area contributed by atoms with E-state index in [4.69, 9.17) is 5.26 Å². The number of nitriles is 1. The molecule has 0 radical (unpaired) electrons. The van der Waals surface area contributed by atoms with E-state index < -0.39 is 0 Å². The summed E-state index contributed by atoms with van der Waals surface area (Å²) in [5.74, 6) is 0.554. The van der Waals surface area contributed by atoms with Gasteiger partial charge >= 0.3 is 0 Å². The fraction of sp³-hybridized carbons (Fsp3) is 0.500. The highest BCUT2D eigenvalue weighted by Gasteiger charge is 2.06. The highest BCUT2D eigenvalue weighted by Crippen LogP contribution is 2.21. The third kappa shape index (κ3) is 1.94. The van der Waals surface area contributed by atoms with Gasteiger partial charge in [-0.2, -0.15) is 5.26 Å². The van der Waals surface area contributed by atoms with E-state index in [-0.39, 0.29) is 0 Å². The van der Waals surface area contributed by atoms with Crippen molar-refractivity contribution in [3.8, 4) is 6.07 Å². The number of nitrogens with zero attached hydrogens (tertiary/aromatic N) is 1. The molecule has 1 aliphatic carbocycles. The van der Waals surface area contributed by atoms with E-state index in [1.807, 2.05) is 6.08 Å². The molecule has 0 N–H and O–H groups in total. The van der Waals surface area contributed by atoms with Crippen LogP contribution in [0.4, 0.5) is 0 Å². The topological polar surface area (TPSA) is 23.8 Å². The Bertz CT molecular complexity index is 238. The van der Waals surface area contributed by atoms with Crippen LogP contribution in [-0.4, -0.2) is 0 Å². The Morgan fingerprint density at radius 2 is 2.27 bits per heavy atom. The third-order valence-corrected chi connectivity index (χ3v) is 1.94. The molecule has 58 valence electrons. The van der Waals surface area contributed by atoms with Crippen LogP contribution >= 0.6 is 0 Å². The Balaban J connectivity index is 2.78. The minimum atomic E-state index is 0.554. The van der Waals surface area contributed by atoms with Crippen molar-refractivity contribution in [3.05, 3.63) is 23.3 Å². The standard InChI is InChI=1S/C10H13N/c1-8(2)10-5-3-4-9(6-10)7-11/h5-6,8H,3-4H2,1-2H3. The van der Waals surface area contributed by atoms with Crippen molar-refractivity contribution in [1.29, 1.82) is 5.26 Å². The number of hydrogen-bond donors (Lipinski definition) is 0. The van der Waals surface area contributed by atoms with Gasteiger partial charge in [0.05, 0.1) is 6.07 Å². The van der Waals surface area contributed by atoms with Crippen molar-refractivity contribution in [2.75, 3.05) is 0 Å². The lowest BCUT2D eigenvalue weighted by molar-refractivity contribution is 0.769. The van der Waals surface area contributed by atoms with Crippen LogP contribution in [0.5, 0.6) is 0 Å². The Labute approximate surface area is 68.0 Å². The van der Waals surface area contributed by atoms with E-state index in [2.05, 4.69) is 26.0 Å². The molecule has 1 nitrogen and oxygen atoms in total. The molecule has 0 saturated heterocycles. The van der Waals surface area contributed by atoms with Crippen LogP contribution in [0.25, 0.3) is 0 Å². The van der Waals surface area contributed by atoms with Crippen molar-refractivity contribution in [3.63, 3.8) is 0 Å². The summed E-state index contributed by atoms with van der Waals surface area (Å²) in [5.41, 5.74) is 2.24. The van der Waals surface area contributed by atoms with E-state index in [9.17, 15) is 0 Å². The first-order valence-electron chi connectivity index (χ1n) is 4.04. The number of rotatable bonds is 1. The Hall–Kier alpha value is -1.03. The molecule has 0 spiro atoms. The predicted octanol–water partition coefficient (Wildman–Crippen LogP) is 2.81. The fourth-order valence-corrected chi connectivity index (χ4v) is 1.22. The molecule has 1 aliphatic rings. The largest absolute Gasteiger partial charge is 0.193 e. The zero-order chi connectivity index (χ0) is 8.27. The molecule has 0 aromatic rings. The third-order valence-electron chi connectivity index (χ3n) is 1.94. The second-order valence-electron chi connectivity index (χ2n) is 3.18. The molecular weight excluding hydrogens is 134 g/mol. The maximum Gasteiger partial charge on any atom is 0.0947 e. The van der Waals surface area contributed by atoms with Crippen molar-refractivity contribution in [1.82, 2.24) is 0 Å². The summed E-state index contributed by atoms with van der Waals surface area (Å²) in [4.78, 5) is 0. The van der Waals surface area contributed by atoms with E-state index in [0.29, 0.717) is 5.92 Å². The summed E-state index contributed by atoms with van der Waals surface area (Å²) in [6.07, 6.45) is 6.21. The normalized spacial score (nSPS) is 17.3. The van der Waals surface area contributed by atoms with Crippen LogP contribution in [0.1, 0.15) is 26.7 Å².